The van der Waals surface area contributed by atoms with Crippen LogP contribution in [-0.2, 0) is 11.3 Å². The molecule has 0 bridgehead atoms. The number of carbonyl (C=O) groups excluding carboxylic acids is 1. The molecule has 2 aliphatic rings. The third-order valence-electron chi connectivity index (χ3n) is 5.52. The molecule has 1 amide bonds. The number of hydrogen-bond donors (Lipinski definition) is 0. The molecular formula is C21H33N3O2. The van der Waals surface area contributed by atoms with Crippen molar-refractivity contribution in [3.05, 3.63) is 29.8 Å². The molecule has 0 aliphatic carbocycles. The van der Waals surface area contributed by atoms with Gasteiger partial charge in [-0.2, -0.15) is 0 Å². The second kappa shape index (κ2) is 9.38. The van der Waals surface area contributed by atoms with Gasteiger partial charge in [-0.3, -0.25) is 9.69 Å². The molecule has 0 radical (unpaired) electrons. The highest BCUT2D eigenvalue weighted by molar-refractivity contribution is 5.78. The van der Waals surface area contributed by atoms with E-state index in [0.717, 1.165) is 38.5 Å². The highest BCUT2D eigenvalue weighted by Crippen LogP contribution is 2.22. The van der Waals surface area contributed by atoms with Crippen LogP contribution < -0.4 is 4.74 Å². The highest BCUT2D eigenvalue weighted by Gasteiger charge is 2.27. The zero-order valence-electron chi connectivity index (χ0n) is 16.3. The van der Waals surface area contributed by atoms with Crippen LogP contribution in [0.4, 0.5) is 0 Å². The SMILES string of the molecule is CN(Cc1ccccc1OCCN1CCCCC1)C[C@H]1CC(=O)N(C)C1. The number of rotatable bonds is 8. The molecule has 0 saturated carbocycles. The summed E-state index contributed by atoms with van der Waals surface area (Å²) in [5, 5.41) is 0. The Labute approximate surface area is 157 Å². The van der Waals surface area contributed by atoms with E-state index in [2.05, 4.69) is 35.0 Å². The van der Waals surface area contributed by atoms with E-state index in [9.17, 15) is 4.79 Å². The molecule has 1 aromatic rings. The Kier molecular flexibility index (Phi) is 6.92. The zero-order valence-corrected chi connectivity index (χ0v) is 16.3. The van der Waals surface area contributed by atoms with Gasteiger partial charge in [-0.25, -0.2) is 0 Å². The molecule has 2 heterocycles. The zero-order chi connectivity index (χ0) is 18.4. The minimum atomic E-state index is 0.268. The molecule has 3 rings (SSSR count). The average molecular weight is 360 g/mol. The van der Waals surface area contributed by atoms with E-state index >= 15 is 0 Å². The van der Waals surface area contributed by atoms with Gasteiger partial charge in [0.25, 0.3) is 0 Å². The molecule has 5 nitrogen and oxygen atoms in total. The molecule has 26 heavy (non-hydrogen) atoms. The van der Waals surface area contributed by atoms with Gasteiger partial charge in [-0.05, 0) is 45.0 Å². The summed E-state index contributed by atoms with van der Waals surface area (Å²) < 4.78 is 6.11. The van der Waals surface area contributed by atoms with Gasteiger partial charge in [0.2, 0.25) is 5.91 Å². The Balaban J connectivity index is 1.47. The Hall–Kier alpha value is -1.59. The number of nitrogens with zero attached hydrogens (tertiary/aromatic N) is 3. The molecule has 0 spiro atoms. The van der Waals surface area contributed by atoms with E-state index in [0.29, 0.717) is 12.3 Å². The van der Waals surface area contributed by atoms with Crippen molar-refractivity contribution in [2.75, 3.05) is 53.4 Å². The number of para-hydroxylation sites is 1. The molecule has 0 unspecified atom stereocenters. The topological polar surface area (TPSA) is 36.0 Å². The van der Waals surface area contributed by atoms with Gasteiger partial charge in [-0.15, -0.1) is 0 Å². The maximum Gasteiger partial charge on any atom is 0.222 e. The lowest BCUT2D eigenvalue weighted by Crippen LogP contribution is -2.33. The summed E-state index contributed by atoms with van der Waals surface area (Å²) in [6.45, 7) is 6.86. The first-order valence-corrected chi connectivity index (χ1v) is 9.97. The summed E-state index contributed by atoms with van der Waals surface area (Å²) in [5.74, 6) is 1.70. The lowest BCUT2D eigenvalue weighted by atomic mass is 10.1. The molecule has 2 saturated heterocycles. The van der Waals surface area contributed by atoms with Gasteiger partial charge in [0.15, 0.2) is 0 Å². The van der Waals surface area contributed by atoms with Crippen molar-refractivity contribution in [2.45, 2.75) is 32.2 Å². The van der Waals surface area contributed by atoms with Crippen molar-refractivity contribution in [3.63, 3.8) is 0 Å². The van der Waals surface area contributed by atoms with Crippen LogP contribution in [0.2, 0.25) is 0 Å². The largest absolute Gasteiger partial charge is 0.492 e. The van der Waals surface area contributed by atoms with Gasteiger partial charge in [0.05, 0.1) is 0 Å². The molecule has 5 heteroatoms. The normalized spacial score (nSPS) is 21.6. The van der Waals surface area contributed by atoms with Crippen molar-refractivity contribution in [2.24, 2.45) is 5.92 Å². The second-order valence-corrected chi connectivity index (χ2v) is 7.90. The van der Waals surface area contributed by atoms with E-state index in [1.807, 2.05) is 18.0 Å². The van der Waals surface area contributed by atoms with Crippen molar-refractivity contribution >= 4 is 5.91 Å². The van der Waals surface area contributed by atoms with Crippen molar-refractivity contribution in [1.29, 1.82) is 0 Å². The Morgan fingerprint density at radius 1 is 1.19 bits per heavy atom. The monoisotopic (exact) mass is 359 g/mol. The summed E-state index contributed by atoms with van der Waals surface area (Å²) in [6, 6.07) is 8.35. The number of ether oxygens (including phenoxy) is 1. The number of hydrogen-bond acceptors (Lipinski definition) is 4. The van der Waals surface area contributed by atoms with Crippen LogP contribution in [0.3, 0.4) is 0 Å². The predicted molar refractivity (Wildman–Crippen MR) is 104 cm³/mol. The van der Waals surface area contributed by atoms with Crippen LogP contribution in [0, 0.1) is 5.92 Å². The van der Waals surface area contributed by atoms with Gasteiger partial charge >= 0.3 is 0 Å². The number of benzene rings is 1. The second-order valence-electron chi connectivity index (χ2n) is 7.90. The molecule has 0 aromatic heterocycles. The first kappa shape index (κ1) is 19.2. The molecule has 2 fully saturated rings. The lowest BCUT2D eigenvalue weighted by molar-refractivity contribution is -0.126. The van der Waals surface area contributed by atoms with E-state index in [1.165, 1.54) is 37.9 Å². The fourth-order valence-corrected chi connectivity index (χ4v) is 4.12. The standard InChI is InChI=1S/C21H33N3O2/c1-22(15-18-14-21(25)23(2)16-18)17-19-8-4-5-9-20(19)26-13-12-24-10-6-3-7-11-24/h4-5,8-9,18H,3,6-7,10-17H2,1-2H3/t18-/m1/s1. The van der Waals surface area contributed by atoms with E-state index < -0.39 is 0 Å². The van der Waals surface area contributed by atoms with Crippen LogP contribution in [0.1, 0.15) is 31.2 Å². The van der Waals surface area contributed by atoms with Crippen LogP contribution in [0.5, 0.6) is 5.75 Å². The minimum absolute atomic E-state index is 0.268. The molecule has 1 atom stereocenters. The smallest absolute Gasteiger partial charge is 0.222 e. The van der Waals surface area contributed by atoms with Gasteiger partial charge in [0, 0.05) is 45.2 Å². The molecule has 2 aliphatic heterocycles. The summed E-state index contributed by atoms with van der Waals surface area (Å²) in [6.07, 6.45) is 4.68. The van der Waals surface area contributed by atoms with E-state index in [1.54, 1.807) is 0 Å². The Morgan fingerprint density at radius 3 is 2.69 bits per heavy atom. The van der Waals surface area contributed by atoms with Gasteiger partial charge in [0.1, 0.15) is 12.4 Å². The maximum absolute atomic E-state index is 11.7. The fourth-order valence-electron chi connectivity index (χ4n) is 4.12. The number of carbonyl (C=O) groups is 1. The Bertz CT molecular complexity index is 586. The molecule has 0 N–H and O–H groups in total. The van der Waals surface area contributed by atoms with E-state index in [4.69, 9.17) is 4.74 Å². The summed E-state index contributed by atoms with van der Waals surface area (Å²) in [5.41, 5.74) is 1.23. The summed E-state index contributed by atoms with van der Waals surface area (Å²) in [4.78, 5) is 18.4. The molecule has 144 valence electrons. The first-order valence-electron chi connectivity index (χ1n) is 9.97. The number of piperidine rings is 1. The third-order valence-corrected chi connectivity index (χ3v) is 5.52. The van der Waals surface area contributed by atoms with Crippen LogP contribution in [0.15, 0.2) is 24.3 Å². The number of likely N-dealkylation sites (tertiary alicyclic amines) is 2. The van der Waals surface area contributed by atoms with Crippen molar-refractivity contribution in [1.82, 2.24) is 14.7 Å². The third kappa shape index (κ3) is 5.45. The average Bonchev–Trinajstić information content (AvgIpc) is 2.94. The van der Waals surface area contributed by atoms with Crippen LogP contribution >= 0.6 is 0 Å². The summed E-state index contributed by atoms with van der Waals surface area (Å²) >= 11 is 0. The maximum atomic E-state index is 11.7. The Morgan fingerprint density at radius 2 is 1.96 bits per heavy atom. The van der Waals surface area contributed by atoms with Crippen molar-refractivity contribution < 1.29 is 9.53 Å². The van der Waals surface area contributed by atoms with Gasteiger partial charge < -0.3 is 14.5 Å². The quantitative estimate of drug-likeness (QED) is 0.714. The minimum Gasteiger partial charge on any atom is -0.492 e. The van der Waals surface area contributed by atoms with Crippen LogP contribution in [0.25, 0.3) is 0 Å². The predicted octanol–water partition coefficient (Wildman–Crippen LogP) is 2.46. The molecule has 1 aromatic carbocycles. The van der Waals surface area contributed by atoms with Crippen molar-refractivity contribution in [3.8, 4) is 5.75 Å². The fraction of sp³-hybridized carbons (Fsp3) is 0.667. The highest BCUT2D eigenvalue weighted by atomic mass is 16.5. The summed E-state index contributed by atoms with van der Waals surface area (Å²) in [7, 11) is 4.03. The first-order chi connectivity index (χ1) is 12.6. The molecular weight excluding hydrogens is 326 g/mol. The van der Waals surface area contributed by atoms with Crippen LogP contribution in [-0.4, -0.2) is 74.0 Å². The lowest BCUT2D eigenvalue weighted by Gasteiger charge is -2.26. The van der Waals surface area contributed by atoms with Gasteiger partial charge in [-0.1, -0.05) is 24.6 Å². The van der Waals surface area contributed by atoms with E-state index in [-0.39, 0.29) is 5.91 Å². The number of amides is 1.